The number of hydrogen-bond donors (Lipinski definition) is 0. The third-order valence-electron chi connectivity index (χ3n) is 3.40. The molecule has 1 fully saturated rings. The van der Waals surface area contributed by atoms with Crippen LogP contribution in [-0.4, -0.2) is 34.6 Å². The third-order valence-corrected chi connectivity index (χ3v) is 3.60. The molecule has 104 valence electrons. The highest BCUT2D eigenvalue weighted by Gasteiger charge is 2.21. The van der Waals surface area contributed by atoms with E-state index in [0.717, 1.165) is 31.8 Å². The first-order chi connectivity index (χ1) is 9.81. The minimum absolute atomic E-state index is 0.137. The van der Waals surface area contributed by atoms with Crippen LogP contribution in [0.1, 0.15) is 17.2 Å². The van der Waals surface area contributed by atoms with Crippen molar-refractivity contribution in [1.29, 1.82) is 0 Å². The van der Waals surface area contributed by atoms with Crippen LogP contribution in [0.2, 0.25) is 5.28 Å². The molecule has 3 rings (SSSR count). The predicted molar refractivity (Wildman–Crippen MR) is 77.5 cm³/mol. The monoisotopic (exact) mass is 289 g/mol. The number of nitrogens with zero attached hydrogens (tertiary/aromatic N) is 3. The largest absolute Gasteiger partial charge is 0.371 e. The number of morpholine rings is 1. The van der Waals surface area contributed by atoms with Crippen molar-refractivity contribution >= 4 is 11.6 Å². The average molecular weight is 290 g/mol. The highest BCUT2D eigenvalue weighted by Crippen LogP contribution is 2.22. The van der Waals surface area contributed by atoms with Gasteiger partial charge in [0.15, 0.2) is 0 Å². The fourth-order valence-corrected chi connectivity index (χ4v) is 2.49. The number of hydrogen-bond acceptors (Lipinski definition) is 4. The summed E-state index contributed by atoms with van der Waals surface area (Å²) in [6, 6.07) is 10.3. The normalized spacial score (nSPS) is 19.9. The second kappa shape index (κ2) is 6.31. The lowest BCUT2D eigenvalue weighted by molar-refractivity contribution is -0.0329. The Morgan fingerprint density at radius 2 is 1.95 bits per heavy atom. The summed E-state index contributed by atoms with van der Waals surface area (Å²) >= 11 is 5.70. The van der Waals surface area contributed by atoms with E-state index < -0.39 is 0 Å². The van der Waals surface area contributed by atoms with Crippen LogP contribution in [0.3, 0.4) is 0 Å². The number of benzene rings is 1. The Kier molecular flexibility index (Phi) is 4.25. The molecule has 0 bridgehead atoms. The molecule has 1 aliphatic rings. The smallest absolute Gasteiger partial charge is 0.222 e. The highest BCUT2D eigenvalue weighted by molar-refractivity contribution is 6.28. The maximum atomic E-state index is 5.86. The fourth-order valence-electron chi connectivity index (χ4n) is 2.39. The van der Waals surface area contributed by atoms with Crippen LogP contribution < -0.4 is 0 Å². The standard InChI is InChI=1S/C15H16ClN3O/c16-15-17-8-12(9-18-15)10-19-6-7-20-14(11-19)13-4-2-1-3-5-13/h1-5,8-9,14H,6-7,10-11H2. The Morgan fingerprint density at radius 1 is 1.20 bits per heavy atom. The molecule has 1 unspecified atom stereocenters. The van der Waals surface area contributed by atoms with Gasteiger partial charge in [-0.2, -0.15) is 0 Å². The van der Waals surface area contributed by atoms with Crippen molar-refractivity contribution in [3.05, 3.63) is 59.1 Å². The molecule has 1 atom stereocenters. The van der Waals surface area contributed by atoms with E-state index in [1.807, 2.05) is 18.2 Å². The molecule has 0 amide bonds. The van der Waals surface area contributed by atoms with Gasteiger partial charge < -0.3 is 4.74 Å². The minimum Gasteiger partial charge on any atom is -0.371 e. The summed E-state index contributed by atoms with van der Waals surface area (Å²) in [6.45, 7) is 3.37. The first kappa shape index (κ1) is 13.5. The van der Waals surface area contributed by atoms with Crippen LogP contribution in [-0.2, 0) is 11.3 Å². The molecule has 0 saturated carbocycles. The molecule has 0 spiro atoms. The second-order valence-corrected chi connectivity index (χ2v) is 5.20. The van der Waals surface area contributed by atoms with Crippen LogP contribution in [0.15, 0.2) is 42.7 Å². The van der Waals surface area contributed by atoms with Gasteiger partial charge in [0.1, 0.15) is 0 Å². The summed E-state index contributed by atoms with van der Waals surface area (Å²) in [7, 11) is 0. The average Bonchev–Trinajstić information content (AvgIpc) is 2.51. The van der Waals surface area contributed by atoms with Crippen molar-refractivity contribution in [3.63, 3.8) is 0 Å². The molecule has 0 radical (unpaired) electrons. The van der Waals surface area contributed by atoms with Crippen molar-refractivity contribution < 1.29 is 4.74 Å². The second-order valence-electron chi connectivity index (χ2n) is 4.87. The van der Waals surface area contributed by atoms with E-state index in [2.05, 4.69) is 27.0 Å². The van der Waals surface area contributed by atoms with E-state index in [-0.39, 0.29) is 11.4 Å². The van der Waals surface area contributed by atoms with Crippen molar-refractivity contribution in [1.82, 2.24) is 14.9 Å². The molecule has 20 heavy (non-hydrogen) atoms. The predicted octanol–water partition coefficient (Wildman–Crippen LogP) is 2.70. The Balaban J connectivity index is 1.65. The van der Waals surface area contributed by atoms with E-state index in [1.54, 1.807) is 12.4 Å². The zero-order valence-electron chi connectivity index (χ0n) is 11.1. The van der Waals surface area contributed by atoms with Gasteiger partial charge in [-0.25, -0.2) is 9.97 Å². The van der Waals surface area contributed by atoms with Gasteiger partial charge >= 0.3 is 0 Å². The van der Waals surface area contributed by atoms with Gasteiger partial charge in [0.2, 0.25) is 5.28 Å². The Bertz CT molecular complexity index is 547. The van der Waals surface area contributed by atoms with Gasteiger partial charge in [0, 0.05) is 37.6 Å². The van der Waals surface area contributed by atoms with Crippen LogP contribution in [0, 0.1) is 0 Å². The number of rotatable bonds is 3. The molecule has 0 N–H and O–H groups in total. The van der Waals surface area contributed by atoms with Crippen LogP contribution >= 0.6 is 11.6 Å². The van der Waals surface area contributed by atoms with Gasteiger partial charge in [0.05, 0.1) is 12.7 Å². The number of aromatic nitrogens is 2. The summed E-state index contributed by atoms with van der Waals surface area (Å²) in [6.07, 6.45) is 3.70. The summed E-state index contributed by atoms with van der Waals surface area (Å²) < 4.78 is 5.86. The van der Waals surface area contributed by atoms with Crippen molar-refractivity contribution in [2.24, 2.45) is 0 Å². The van der Waals surface area contributed by atoms with Crippen molar-refractivity contribution in [3.8, 4) is 0 Å². The lowest BCUT2D eigenvalue weighted by Gasteiger charge is -2.33. The maximum Gasteiger partial charge on any atom is 0.222 e. The summed E-state index contributed by atoms with van der Waals surface area (Å²) in [5.41, 5.74) is 2.30. The van der Waals surface area contributed by atoms with Crippen LogP contribution in [0.5, 0.6) is 0 Å². The summed E-state index contributed by atoms with van der Waals surface area (Å²) in [5, 5.41) is 0.290. The van der Waals surface area contributed by atoms with Gasteiger partial charge in [0.25, 0.3) is 0 Å². The molecule has 4 nitrogen and oxygen atoms in total. The molecule has 2 aromatic rings. The quantitative estimate of drug-likeness (QED) is 0.815. The lowest BCUT2D eigenvalue weighted by Crippen LogP contribution is -2.37. The van der Waals surface area contributed by atoms with E-state index >= 15 is 0 Å². The first-order valence-electron chi connectivity index (χ1n) is 6.66. The zero-order valence-corrected chi connectivity index (χ0v) is 11.8. The molecular weight excluding hydrogens is 274 g/mol. The molecule has 2 heterocycles. The molecule has 1 aliphatic heterocycles. The summed E-state index contributed by atoms with van der Waals surface area (Å²) in [5.74, 6) is 0. The van der Waals surface area contributed by atoms with Gasteiger partial charge in [-0.3, -0.25) is 4.90 Å². The Hall–Kier alpha value is -1.49. The lowest BCUT2D eigenvalue weighted by atomic mass is 10.1. The summed E-state index contributed by atoms with van der Waals surface area (Å²) in [4.78, 5) is 10.4. The maximum absolute atomic E-state index is 5.86. The SMILES string of the molecule is Clc1ncc(CN2CCOC(c3ccccc3)C2)cn1. The third kappa shape index (κ3) is 3.33. The van der Waals surface area contributed by atoms with Gasteiger partial charge in [-0.1, -0.05) is 30.3 Å². The van der Waals surface area contributed by atoms with Crippen molar-refractivity contribution in [2.75, 3.05) is 19.7 Å². The Morgan fingerprint density at radius 3 is 2.70 bits per heavy atom. The zero-order chi connectivity index (χ0) is 13.8. The van der Waals surface area contributed by atoms with Crippen LogP contribution in [0.25, 0.3) is 0 Å². The van der Waals surface area contributed by atoms with Crippen LogP contribution in [0.4, 0.5) is 0 Å². The molecule has 1 aromatic heterocycles. The molecule has 1 saturated heterocycles. The van der Waals surface area contributed by atoms with E-state index in [4.69, 9.17) is 16.3 Å². The minimum atomic E-state index is 0.137. The van der Waals surface area contributed by atoms with E-state index in [0.29, 0.717) is 0 Å². The fraction of sp³-hybridized carbons (Fsp3) is 0.333. The van der Waals surface area contributed by atoms with E-state index in [9.17, 15) is 0 Å². The van der Waals surface area contributed by atoms with Gasteiger partial charge in [-0.15, -0.1) is 0 Å². The topological polar surface area (TPSA) is 38.2 Å². The number of halogens is 1. The molecule has 0 aliphatic carbocycles. The van der Waals surface area contributed by atoms with Crippen molar-refractivity contribution in [2.45, 2.75) is 12.6 Å². The first-order valence-corrected chi connectivity index (χ1v) is 7.04. The Labute approximate surface area is 123 Å². The molecule has 5 heteroatoms. The molecular formula is C15H16ClN3O. The van der Waals surface area contributed by atoms with E-state index in [1.165, 1.54) is 5.56 Å². The highest BCUT2D eigenvalue weighted by atomic mass is 35.5. The molecule has 1 aromatic carbocycles. The van der Waals surface area contributed by atoms with Gasteiger partial charge in [-0.05, 0) is 17.2 Å². The number of ether oxygens (including phenoxy) is 1.